The van der Waals surface area contributed by atoms with Gasteiger partial charge in [-0.15, -0.1) is 12.4 Å². The van der Waals surface area contributed by atoms with Gasteiger partial charge in [0.1, 0.15) is 0 Å². The first kappa shape index (κ1) is 61.0. The van der Waals surface area contributed by atoms with Crippen molar-refractivity contribution in [3.63, 3.8) is 0 Å². The fourth-order valence-electron chi connectivity index (χ4n) is 6.20. The predicted octanol–water partition coefficient (Wildman–Crippen LogP) is -10.5. The van der Waals surface area contributed by atoms with E-state index in [0.29, 0.717) is 0 Å². The molecule has 0 unspecified atom stereocenters. The summed E-state index contributed by atoms with van der Waals surface area (Å²) in [5.74, 6) is -6.79. The maximum Gasteiger partial charge on any atom is 4.00 e. The second-order valence-corrected chi connectivity index (χ2v) is 13.8. The fraction of sp³-hybridized carbons (Fsp3) is 0.800. The van der Waals surface area contributed by atoms with E-state index in [1.54, 1.807) is 0 Å². The molecule has 0 bridgehead atoms. The Bertz CT molecular complexity index is 954. The summed E-state index contributed by atoms with van der Waals surface area (Å²) in [4.78, 5) is 70.2. The second kappa shape index (κ2) is 36.4. The van der Waals surface area contributed by atoms with Crippen LogP contribution in [0.5, 0.6) is 0 Å². The summed E-state index contributed by atoms with van der Waals surface area (Å²) in [5, 5.41) is 89.8. The molecule has 7 aliphatic rings. The van der Waals surface area contributed by atoms with E-state index in [1.807, 2.05) is 0 Å². The van der Waals surface area contributed by atoms with Crippen LogP contribution in [0.4, 0.5) is 0 Å². The van der Waals surface area contributed by atoms with Gasteiger partial charge in [0, 0.05) is 42.3 Å². The molecule has 0 radical (unpaired) electrons. The molecule has 0 aliphatic carbocycles. The number of halogens is 1. The zero-order valence-corrected chi connectivity index (χ0v) is 37.5. The van der Waals surface area contributed by atoms with Gasteiger partial charge >= 0.3 is 43.6 Å². The third kappa shape index (κ3) is 28.8. The van der Waals surface area contributed by atoms with Crippen LogP contribution < -0.4 is 73.0 Å². The molecule has 0 aromatic heterocycles. The standard InChI is InChI=1S/7C5H9NO2.Al.ClH.Zr/c7*7-5(8)4-2-1-3-6-4;;;/h7*4,6H,1-3H2,(H,7,8);;1H;/q;;;;;;;+3;;+4/p-7/t7*4-;;;/m0000000.../s1. The van der Waals surface area contributed by atoms with Gasteiger partial charge in [-0.1, -0.05) is 0 Å². The van der Waals surface area contributed by atoms with Crippen molar-refractivity contribution in [3.8, 4) is 0 Å². The number of hydrogen-bond acceptors (Lipinski definition) is 21. The molecule has 7 aliphatic heterocycles. The first-order chi connectivity index (χ1) is 26.6. The normalized spacial score (nSPS) is 26.8. The number of carboxylic acids is 7. The molecule has 0 aromatic carbocycles. The van der Waals surface area contributed by atoms with E-state index in [-0.39, 0.29) is 98.3 Å². The van der Waals surface area contributed by atoms with Crippen LogP contribution in [0.3, 0.4) is 0 Å². The maximum absolute atomic E-state index is 10.0. The number of aliphatic carboxylic acids is 7. The summed E-state index contributed by atoms with van der Waals surface area (Å²) in [5.41, 5.74) is 0. The average Bonchev–Trinajstić information content (AvgIpc) is 4.05. The van der Waals surface area contributed by atoms with E-state index < -0.39 is 41.8 Å². The number of carboxylic acid groups (broad SMARTS) is 7. The Kier molecular flexibility index (Phi) is 37.6. The zero-order chi connectivity index (χ0) is 41.9. The first-order valence-electron chi connectivity index (χ1n) is 19.2. The molecule has 7 saturated heterocycles. The zero-order valence-electron chi connectivity index (χ0n) is 33.1. The van der Waals surface area contributed by atoms with Crippen LogP contribution in [0, 0.1) is 0 Å². The molecule has 24 heteroatoms. The molecule has 0 aromatic rings. The summed E-state index contributed by atoms with van der Waals surface area (Å²) in [6.45, 7) is 5.73. The van der Waals surface area contributed by atoms with Gasteiger partial charge in [-0.05, 0) is 136 Å². The largest absolute Gasteiger partial charge is 4.00 e. The maximum atomic E-state index is 10.0. The van der Waals surface area contributed by atoms with Crippen LogP contribution in [0.15, 0.2) is 0 Å². The molecule has 0 amide bonds. The summed E-state index contributed by atoms with van der Waals surface area (Å²) in [6, 6.07) is -2.66. The number of carbonyl (C=O) groups excluding carboxylic acids is 7. The topological polar surface area (TPSA) is 365 Å². The van der Waals surface area contributed by atoms with E-state index in [0.717, 1.165) is 136 Å². The SMILES string of the molecule is Cl.O=C([O-])[C@@H]1CCCN1.O=C([O-])[C@@H]1CCCN1.O=C([O-])[C@@H]1CCCN1.O=C([O-])[C@@H]1CCCN1.O=C([O-])[C@@H]1CCCN1.O=C([O-])[C@@H]1CCCN1.O=C([O-])[C@@H]1CCCN1.[Al+3].[Zr+4]. The van der Waals surface area contributed by atoms with Crippen molar-refractivity contribution in [2.24, 2.45) is 0 Å². The minimum atomic E-state index is -0.970. The van der Waals surface area contributed by atoms with E-state index >= 15 is 0 Å². The third-order valence-corrected chi connectivity index (χ3v) is 9.41. The summed E-state index contributed by atoms with van der Waals surface area (Å²) < 4.78 is 0. The smallest absolute Gasteiger partial charge is 0.548 e. The molecule has 7 heterocycles. The van der Waals surface area contributed by atoms with E-state index in [9.17, 15) is 69.3 Å². The number of carbonyl (C=O) groups is 7. The Morgan fingerprint density at radius 1 is 0.288 bits per heavy atom. The van der Waals surface area contributed by atoms with Crippen LogP contribution in [-0.2, 0) is 59.8 Å². The number of rotatable bonds is 7. The van der Waals surface area contributed by atoms with Crippen LogP contribution >= 0.6 is 12.4 Å². The predicted molar refractivity (Wildman–Crippen MR) is 195 cm³/mol. The summed E-state index contributed by atoms with van der Waals surface area (Å²) in [7, 11) is 0. The van der Waals surface area contributed by atoms with Crippen LogP contribution in [0.2, 0.25) is 0 Å². The van der Waals surface area contributed by atoms with Gasteiger partial charge in [-0.2, -0.15) is 0 Å². The van der Waals surface area contributed by atoms with E-state index in [2.05, 4.69) is 37.2 Å². The van der Waals surface area contributed by atoms with Gasteiger partial charge in [-0.3, -0.25) is 0 Å². The number of hydrogen-bond donors (Lipinski definition) is 7. The minimum absolute atomic E-state index is 0. The van der Waals surface area contributed by atoms with Crippen molar-refractivity contribution in [2.45, 2.75) is 132 Å². The Morgan fingerprint density at radius 2 is 0.390 bits per heavy atom. The van der Waals surface area contributed by atoms with Crippen LogP contribution in [0.1, 0.15) is 89.9 Å². The van der Waals surface area contributed by atoms with Gasteiger partial charge in [0.05, 0.1) is 41.8 Å². The quantitative estimate of drug-likeness (QED) is 0.117. The van der Waals surface area contributed by atoms with Gasteiger partial charge in [0.25, 0.3) is 0 Å². The molecule has 0 saturated carbocycles. The average molecular weight is 954 g/mol. The number of nitrogens with one attached hydrogen (secondary N) is 7. The third-order valence-electron chi connectivity index (χ3n) is 9.41. The molecular formula is C35H57AlClN7O14Zr. The molecule has 7 rings (SSSR count). The molecule has 330 valence electrons. The monoisotopic (exact) mass is 951 g/mol. The van der Waals surface area contributed by atoms with Gasteiger partial charge in [0.15, 0.2) is 0 Å². The molecular weight excluding hydrogens is 896 g/mol. The van der Waals surface area contributed by atoms with Crippen LogP contribution in [0.25, 0.3) is 0 Å². The van der Waals surface area contributed by atoms with E-state index in [1.165, 1.54) is 0 Å². The van der Waals surface area contributed by atoms with Crippen LogP contribution in [-0.4, -0.2) is 147 Å². The fourth-order valence-corrected chi connectivity index (χ4v) is 6.20. The molecule has 7 fully saturated rings. The second-order valence-electron chi connectivity index (χ2n) is 13.8. The van der Waals surface area contributed by atoms with Crippen molar-refractivity contribution >= 4 is 71.6 Å². The van der Waals surface area contributed by atoms with E-state index in [4.69, 9.17) is 0 Å². The molecule has 21 nitrogen and oxygen atoms in total. The first-order valence-corrected chi connectivity index (χ1v) is 19.2. The summed E-state index contributed by atoms with van der Waals surface area (Å²) in [6.07, 6.45) is 11.8. The molecule has 0 spiro atoms. The Labute approximate surface area is 380 Å². The van der Waals surface area contributed by atoms with Crippen molar-refractivity contribution in [1.82, 2.24) is 37.2 Å². The Balaban J connectivity index is -0.000000615. The molecule has 7 atom stereocenters. The van der Waals surface area contributed by atoms with Gasteiger partial charge < -0.3 is 107 Å². The minimum Gasteiger partial charge on any atom is -0.548 e. The van der Waals surface area contributed by atoms with Crippen molar-refractivity contribution in [3.05, 3.63) is 0 Å². The van der Waals surface area contributed by atoms with Crippen molar-refractivity contribution in [2.75, 3.05) is 45.8 Å². The van der Waals surface area contributed by atoms with Crippen molar-refractivity contribution in [1.29, 1.82) is 0 Å². The van der Waals surface area contributed by atoms with Crippen molar-refractivity contribution < 1.29 is 95.5 Å². The Hall–Kier alpha value is -2.28. The summed E-state index contributed by atoms with van der Waals surface area (Å²) >= 11 is 0. The van der Waals surface area contributed by atoms with Gasteiger partial charge in [-0.25, -0.2) is 0 Å². The molecule has 59 heavy (non-hydrogen) atoms. The Morgan fingerprint density at radius 3 is 0.424 bits per heavy atom. The molecule has 7 N–H and O–H groups in total. The van der Waals surface area contributed by atoms with Gasteiger partial charge in [0.2, 0.25) is 0 Å².